The van der Waals surface area contributed by atoms with Gasteiger partial charge in [-0.1, -0.05) is 18.9 Å². The molecule has 0 bridgehead atoms. The second-order valence-electron chi connectivity index (χ2n) is 7.62. The van der Waals surface area contributed by atoms with Gasteiger partial charge in [0.15, 0.2) is 17.5 Å². The van der Waals surface area contributed by atoms with E-state index in [0.717, 1.165) is 50.3 Å². The van der Waals surface area contributed by atoms with E-state index in [1.54, 1.807) is 14.2 Å². The summed E-state index contributed by atoms with van der Waals surface area (Å²) in [7, 11) is 3.34. The lowest BCUT2D eigenvalue weighted by Crippen LogP contribution is -2.44. The Morgan fingerprint density at radius 1 is 1.17 bits per heavy atom. The highest BCUT2D eigenvalue weighted by molar-refractivity contribution is 5.80. The molecule has 1 heterocycles. The van der Waals surface area contributed by atoms with Crippen LogP contribution in [-0.4, -0.2) is 70.5 Å². The van der Waals surface area contributed by atoms with Crippen molar-refractivity contribution in [3.63, 3.8) is 0 Å². The number of methoxy groups -OCH3 is 2. The minimum absolute atomic E-state index is 0.165. The van der Waals surface area contributed by atoms with E-state index in [4.69, 9.17) is 19.2 Å². The normalized spacial score (nSPS) is 19.8. The van der Waals surface area contributed by atoms with E-state index in [-0.39, 0.29) is 6.04 Å². The summed E-state index contributed by atoms with van der Waals surface area (Å²) in [5.74, 6) is 2.41. The third-order valence-corrected chi connectivity index (χ3v) is 5.74. The second-order valence-corrected chi connectivity index (χ2v) is 7.62. The summed E-state index contributed by atoms with van der Waals surface area (Å²) >= 11 is 0. The number of aliphatic imine (C=N–C) groups is 1. The van der Waals surface area contributed by atoms with E-state index in [1.807, 2.05) is 6.07 Å². The number of hydrogen-bond acceptors (Lipinski definition) is 5. The molecule has 1 aliphatic heterocycles. The second kappa shape index (κ2) is 11.3. The molecule has 1 unspecified atom stereocenters. The molecule has 1 aliphatic carbocycles. The van der Waals surface area contributed by atoms with Gasteiger partial charge in [-0.15, -0.1) is 0 Å². The zero-order valence-electron chi connectivity index (χ0n) is 18.1. The van der Waals surface area contributed by atoms with E-state index in [1.165, 1.54) is 31.2 Å². The van der Waals surface area contributed by atoms with Crippen molar-refractivity contribution < 1.29 is 14.2 Å². The van der Waals surface area contributed by atoms with Gasteiger partial charge in [-0.3, -0.25) is 9.89 Å². The van der Waals surface area contributed by atoms with E-state index >= 15 is 0 Å². The highest BCUT2D eigenvalue weighted by Crippen LogP contribution is 2.32. The highest BCUT2D eigenvalue weighted by atomic mass is 16.5. The Labute approximate surface area is 174 Å². The number of nitrogens with one attached hydrogen (secondary N) is 2. The summed E-state index contributed by atoms with van der Waals surface area (Å²) < 4.78 is 16.5. The molecule has 0 radical (unpaired) electrons. The van der Waals surface area contributed by atoms with Gasteiger partial charge in [-0.2, -0.15) is 0 Å². The third kappa shape index (κ3) is 6.00. The van der Waals surface area contributed by atoms with Crippen LogP contribution >= 0.6 is 0 Å². The number of guanidine groups is 1. The first kappa shape index (κ1) is 21.7. The SMILES string of the molecule is CCNC(=NCC(c1ccc(OC)c(OC)c1)N1CCOCC1)NC1CCCC1. The number of hydrogen-bond donors (Lipinski definition) is 2. The fraction of sp³-hybridized carbons (Fsp3) is 0.682. The van der Waals surface area contributed by atoms with Crippen molar-refractivity contribution in [2.45, 2.75) is 44.7 Å². The molecule has 7 nitrogen and oxygen atoms in total. The Balaban J connectivity index is 1.80. The van der Waals surface area contributed by atoms with Crippen LogP contribution in [0.3, 0.4) is 0 Å². The molecule has 2 aliphatic rings. The van der Waals surface area contributed by atoms with Crippen LogP contribution in [0.5, 0.6) is 11.5 Å². The number of morpholine rings is 1. The topological polar surface area (TPSA) is 67.4 Å². The highest BCUT2D eigenvalue weighted by Gasteiger charge is 2.24. The van der Waals surface area contributed by atoms with Gasteiger partial charge in [0.1, 0.15) is 0 Å². The van der Waals surface area contributed by atoms with E-state index in [9.17, 15) is 0 Å². The predicted octanol–water partition coefficient (Wildman–Crippen LogP) is 2.57. The summed E-state index contributed by atoms with van der Waals surface area (Å²) in [5.41, 5.74) is 1.19. The maximum atomic E-state index is 5.57. The van der Waals surface area contributed by atoms with Crippen LogP contribution in [0.25, 0.3) is 0 Å². The lowest BCUT2D eigenvalue weighted by molar-refractivity contribution is 0.0179. The van der Waals surface area contributed by atoms with Crippen molar-refractivity contribution in [2.24, 2.45) is 4.99 Å². The fourth-order valence-electron chi connectivity index (χ4n) is 4.14. The molecule has 1 atom stereocenters. The number of rotatable bonds is 8. The summed E-state index contributed by atoms with van der Waals surface area (Å²) in [6.07, 6.45) is 5.07. The van der Waals surface area contributed by atoms with Crippen LogP contribution in [0, 0.1) is 0 Å². The smallest absolute Gasteiger partial charge is 0.191 e. The summed E-state index contributed by atoms with van der Waals surface area (Å²) in [5, 5.41) is 7.03. The average molecular weight is 405 g/mol. The third-order valence-electron chi connectivity index (χ3n) is 5.74. The monoisotopic (exact) mass is 404 g/mol. The first-order valence-electron chi connectivity index (χ1n) is 10.8. The van der Waals surface area contributed by atoms with Gasteiger partial charge in [0.25, 0.3) is 0 Å². The lowest BCUT2D eigenvalue weighted by Gasteiger charge is -2.34. The molecule has 1 saturated carbocycles. The molecule has 1 aromatic carbocycles. The maximum absolute atomic E-state index is 5.57. The van der Waals surface area contributed by atoms with Gasteiger partial charge >= 0.3 is 0 Å². The zero-order chi connectivity index (χ0) is 20.5. The van der Waals surface area contributed by atoms with Gasteiger partial charge in [-0.25, -0.2) is 0 Å². The molecule has 0 aromatic heterocycles. The van der Waals surface area contributed by atoms with Crippen LogP contribution in [0.4, 0.5) is 0 Å². The Morgan fingerprint density at radius 3 is 2.55 bits per heavy atom. The van der Waals surface area contributed by atoms with Gasteiger partial charge in [-0.05, 0) is 37.5 Å². The largest absolute Gasteiger partial charge is 0.493 e. The Hall–Kier alpha value is -1.99. The van der Waals surface area contributed by atoms with Crippen LogP contribution in [-0.2, 0) is 4.74 Å². The lowest BCUT2D eigenvalue weighted by atomic mass is 10.0. The minimum atomic E-state index is 0.165. The standard InChI is InChI=1S/C22H36N4O3/c1-4-23-22(25-18-7-5-6-8-18)24-16-19(26-11-13-29-14-12-26)17-9-10-20(27-2)21(15-17)28-3/h9-10,15,18-19H,4-8,11-14,16H2,1-3H3,(H2,23,24,25). The summed E-state index contributed by atoms with van der Waals surface area (Å²) in [4.78, 5) is 7.42. The van der Waals surface area contributed by atoms with E-state index in [2.05, 4.69) is 34.6 Å². The van der Waals surface area contributed by atoms with E-state index in [0.29, 0.717) is 12.6 Å². The first-order chi connectivity index (χ1) is 14.2. The Bertz CT molecular complexity index is 655. The van der Waals surface area contributed by atoms with Crippen molar-refractivity contribution in [3.8, 4) is 11.5 Å². The van der Waals surface area contributed by atoms with Crippen LogP contribution in [0.15, 0.2) is 23.2 Å². The molecule has 2 N–H and O–H groups in total. The predicted molar refractivity (Wildman–Crippen MR) is 116 cm³/mol. The van der Waals surface area contributed by atoms with Crippen molar-refractivity contribution >= 4 is 5.96 Å². The molecule has 162 valence electrons. The molecule has 2 fully saturated rings. The number of benzene rings is 1. The quantitative estimate of drug-likeness (QED) is 0.513. The Morgan fingerprint density at radius 2 is 1.90 bits per heavy atom. The summed E-state index contributed by atoms with van der Waals surface area (Å²) in [6, 6.07) is 6.88. The molecule has 3 rings (SSSR count). The molecule has 29 heavy (non-hydrogen) atoms. The number of nitrogens with zero attached hydrogens (tertiary/aromatic N) is 2. The van der Waals surface area contributed by atoms with E-state index < -0.39 is 0 Å². The molecule has 1 saturated heterocycles. The maximum Gasteiger partial charge on any atom is 0.191 e. The zero-order valence-corrected chi connectivity index (χ0v) is 18.1. The van der Waals surface area contributed by atoms with Crippen molar-refractivity contribution in [2.75, 3.05) is 53.6 Å². The number of ether oxygens (including phenoxy) is 3. The van der Waals surface area contributed by atoms with Gasteiger partial charge in [0.05, 0.1) is 40.0 Å². The van der Waals surface area contributed by atoms with Crippen molar-refractivity contribution in [1.29, 1.82) is 0 Å². The minimum Gasteiger partial charge on any atom is -0.493 e. The van der Waals surface area contributed by atoms with Gasteiger partial charge in [0, 0.05) is 25.7 Å². The molecule has 1 aromatic rings. The molecule has 7 heteroatoms. The van der Waals surface area contributed by atoms with Crippen LogP contribution < -0.4 is 20.1 Å². The molecule has 0 spiro atoms. The van der Waals surface area contributed by atoms with Crippen LogP contribution in [0.1, 0.15) is 44.2 Å². The molecule has 0 amide bonds. The van der Waals surface area contributed by atoms with Gasteiger partial charge < -0.3 is 24.8 Å². The fourth-order valence-corrected chi connectivity index (χ4v) is 4.14. The first-order valence-corrected chi connectivity index (χ1v) is 10.8. The van der Waals surface area contributed by atoms with Crippen molar-refractivity contribution in [3.05, 3.63) is 23.8 Å². The Kier molecular flexibility index (Phi) is 8.43. The average Bonchev–Trinajstić information content (AvgIpc) is 3.27. The van der Waals surface area contributed by atoms with Gasteiger partial charge in [0.2, 0.25) is 0 Å². The summed E-state index contributed by atoms with van der Waals surface area (Å²) in [6.45, 7) is 6.97. The molecular weight excluding hydrogens is 368 g/mol. The van der Waals surface area contributed by atoms with Crippen molar-refractivity contribution in [1.82, 2.24) is 15.5 Å². The van der Waals surface area contributed by atoms with Crippen LogP contribution in [0.2, 0.25) is 0 Å². The molecular formula is C22H36N4O3.